The largest absolute Gasteiger partial charge is 0.361 e. The average Bonchev–Trinajstić information content (AvgIpc) is 2.70. The van der Waals surface area contributed by atoms with Crippen LogP contribution in [-0.4, -0.2) is 22.1 Å². The predicted octanol–water partition coefficient (Wildman–Crippen LogP) is 2.88. The second-order valence-corrected chi connectivity index (χ2v) is 4.67. The van der Waals surface area contributed by atoms with Crippen molar-refractivity contribution in [3.05, 3.63) is 47.1 Å². The van der Waals surface area contributed by atoms with Crippen LogP contribution < -0.4 is 0 Å². The molecule has 2 aromatic heterocycles. The van der Waals surface area contributed by atoms with Crippen molar-refractivity contribution in [2.24, 2.45) is 0 Å². The van der Waals surface area contributed by atoms with E-state index in [2.05, 4.69) is 41.1 Å². The minimum absolute atomic E-state index is 0.335. The van der Waals surface area contributed by atoms with Gasteiger partial charge < -0.3 is 4.52 Å². The summed E-state index contributed by atoms with van der Waals surface area (Å²) in [6.45, 7) is 6.97. The zero-order valence-corrected chi connectivity index (χ0v) is 11.3. The monoisotopic (exact) mass is 245 g/mol. The summed E-state index contributed by atoms with van der Waals surface area (Å²) in [6.07, 6.45) is 3.66. The van der Waals surface area contributed by atoms with E-state index in [-0.39, 0.29) is 0 Å². The zero-order chi connectivity index (χ0) is 13.1. The van der Waals surface area contributed by atoms with E-state index in [0.717, 1.165) is 18.0 Å². The molecule has 96 valence electrons. The van der Waals surface area contributed by atoms with Gasteiger partial charge in [0.2, 0.25) is 0 Å². The summed E-state index contributed by atoms with van der Waals surface area (Å²) in [5, 5.41) is 3.99. The molecule has 0 amide bonds. The molecule has 0 saturated carbocycles. The van der Waals surface area contributed by atoms with Crippen molar-refractivity contribution in [2.45, 2.75) is 33.4 Å². The van der Waals surface area contributed by atoms with Crippen molar-refractivity contribution in [3.8, 4) is 0 Å². The van der Waals surface area contributed by atoms with Crippen LogP contribution in [0.25, 0.3) is 0 Å². The molecule has 0 aliphatic heterocycles. The zero-order valence-electron chi connectivity index (χ0n) is 11.3. The third kappa shape index (κ3) is 2.59. The van der Waals surface area contributed by atoms with Gasteiger partial charge in [0.1, 0.15) is 5.76 Å². The van der Waals surface area contributed by atoms with E-state index in [1.165, 1.54) is 11.1 Å². The second kappa shape index (κ2) is 5.31. The van der Waals surface area contributed by atoms with E-state index in [4.69, 9.17) is 4.52 Å². The highest BCUT2D eigenvalue weighted by Gasteiger charge is 2.16. The standard InChI is InChI=1S/C14H19N3O/c1-10-14(12(3)18-16-10)9-17(4)11(2)13-5-7-15-8-6-13/h5-8,11H,9H2,1-4H3/t11-/m0/s1. The molecule has 0 aliphatic carbocycles. The second-order valence-electron chi connectivity index (χ2n) is 4.67. The van der Waals surface area contributed by atoms with Crippen LogP contribution in [-0.2, 0) is 6.54 Å². The Bertz CT molecular complexity index is 488. The summed E-state index contributed by atoms with van der Waals surface area (Å²) < 4.78 is 5.19. The maximum absolute atomic E-state index is 5.19. The molecule has 1 atom stereocenters. The molecular formula is C14H19N3O. The summed E-state index contributed by atoms with van der Waals surface area (Å²) in [7, 11) is 2.11. The molecule has 0 spiro atoms. The van der Waals surface area contributed by atoms with Gasteiger partial charge in [0.25, 0.3) is 0 Å². The van der Waals surface area contributed by atoms with Crippen LogP contribution in [0, 0.1) is 13.8 Å². The van der Waals surface area contributed by atoms with Gasteiger partial charge in [0, 0.05) is 30.5 Å². The fourth-order valence-electron chi connectivity index (χ4n) is 2.01. The molecule has 4 heteroatoms. The number of pyridine rings is 1. The van der Waals surface area contributed by atoms with Crippen LogP contribution >= 0.6 is 0 Å². The van der Waals surface area contributed by atoms with Gasteiger partial charge in [-0.25, -0.2) is 0 Å². The van der Waals surface area contributed by atoms with Crippen LogP contribution in [0.2, 0.25) is 0 Å². The van der Waals surface area contributed by atoms with Gasteiger partial charge >= 0.3 is 0 Å². The highest BCUT2D eigenvalue weighted by molar-refractivity contribution is 5.21. The fourth-order valence-corrected chi connectivity index (χ4v) is 2.01. The molecule has 2 aromatic rings. The van der Waals surface area contributed by atoms with Gasteiger partial charge in [-0.05, 0) is 45.5 Å². The first-order chi connectivity index (χ1) is 8.59. The lowest BCUT2D eigenvalue weighted by Gasteiger charge is -2.24. The van der Waals surface area contributed by atoms with Gasteiger partial charge in [-0.15, -0.1) is 0 Å². The molecular weight excluding hydrogens is 226 g/mol. The van der Waals surface area contributed by atoms with Gasteiger partial charge in [-0.3, -0.25) is 9.88 Å². The van der Waals surface area contributed by atoms with Crippen LogP contribution in [0.15, 0.2) is 29.0 Å². The molecule has 0 N–H and O–H groups in total. The van der Waals surface area contributed by atoms with Crippen molar-refractivity contribution < 1.29 is 4.52 Å². The Kier molecular flexibility index (Phi) is 3.77. The Labute approximate surface area is 108 Å². The third-order valence-electron chi connectivity index (χ3n) is 3.44. The average molecular weight is 245 g/mol. The summed E-state index contributed by atoms with van der Waals surface area (Å²) in [5.74, 6) is 0.904. The number of nitrogens with zero attached hydrogens (tertiary/aromatic N) is 3. The normalized spacial score (nSPS) is 12.9. The lowest BCUT2D eigenvalue weighted by Crippen LogP contribution is -2.22. The molecule has 0 saturated heterocycles. The van der Waals surface area contributed by atoms with Gasteiger partial charge in [-0.1, -0.05) is 5.16 Å². The highest BCUT2D eigenvalue weighted by atomic mass is 16.5. The third-order valence-corrected chi connectivity index (χ3v) is 3.44. The van der Waals surface area contributed by atoms with E-state index >= 15 is 0 Å². The quantitative estimate of drug-likeness (QED) is 0.830. The van der Waals surface area contributed by atoms with Crippen LogP contribution in [0.4, 0.5) is 0 Å². The SMILES string of the molecule is Cc1noc(C)c1CN(C)[C@@H](C)c1ccncc1. The van der Waals surface area contributed by atoms with Crippen molar-refractivity contribution in [1.29, 1.82) is 0 Å². The Morgan fingerprint density at radius 1 is 1.28 bits per heavy atom. The van der Waals surface area contributed by atoms with Crippen molar-refractivity contribution >= 4 is 0 Å². The molecule has 0 bridgehead atoms. The Morgan fingerprint density at radius 2 is 1.94 bits per heavy atom. The maximum atomic E-state index is 5.19. The van der Waals surface area contributed by atoms with E-state index in [9.17, 15) is 0 Å². The van der Waals surface area contributed by atoms with Crippen molar-refractivity contribution in [1.82, 2.24) is 15.0 Å². The first-order valence-electron chi connectivity index (χ1n) is 6.11. The molecule has 0 fully saturated rings. The van der Waals surface area contributed by atoms with E-state index < -0.39 is 0 Å². The number of hydrogen-bond acceptors (Lipinski definition) is 4. The van der Waals surface area contributed by atoms with Gasteiger partial charge in [-0.2, -0.15) is 0 Å². The summed E-state index contributed by atoms with van der Waals surface area (Å²) >= 11 is 0. The molecule has 18 heavy (non-hydrogen) atoms. The number of rotatable bonds is 4. The maximum Gasteiger partial charge on any atom is 0.138 e. The lowest BCUT2D eigenvalue weighted by atomic mass is 10.1. The van der Waals surface area contributed by atoms with Crippen molar-refractivity contribution in [2.75, 3.05) is 7.05 Å². The number of hydrogen-bond donors (Lipinski definition) is 0. The Morgan fingerprint density at radius 3 is 2.50 bits per heavy atom. The minimum Gasteiger partial charge on any atom is -0.361 e. The fraction of sp³-hybridized carbons (Fsp3) is 0.429. The number of aryl methyl sites for hydroxylation is 2. The molecule has 4 nitrogen and oxygen atoms in total. The van der Waals surface area contributed by atoms with Crippen LogP contribution in [0.3, 0.4) is 0 Å². The van der Waals surface area contributed by atoms with Gasteiger partial charge in [0.15, 0.2) is 0 Å². The van der Waals surface area contributed by atoms with E-state index in [0.29, 0.717) is 6.04 Å². The Hall–Kier alpha value is -1.68. The first kappa shape index (κ1) is 12.8. The molecule has 0 unspecified atom stereocenters. The van der Waals surface area contributed by atoms with Crippen molar-refractivity contribution in [3.63, 3.8) is 0 Å². The first-order valence-corrected chi connectivity index (χ1v) is 6.11. The number of aromatic nitrogens is 2. The van der Waals surface area contributed by atoms with E-state index in [1.54, 1.807) is 0 Å². The Balaban J connectivity index is 2.11. The minimum atomic E-state index is 0.335. The predicted molar refractivity (Wildman–Crippen MR) is 70.1 cm³/mol. The molecule has 2 rings (SSSR count). The summed E-state index contributed by atoms with van der Waals surface area (Å²) in [4.78, 5) is 6.33. The smallest absolute Gasteiger partial charge is 0.138 e. The van der Waals surface area contributed by atoms with Crippen LogP contribution in [0.1, 0.15) is 35.5 Å². The van der Waals surface area contributed by atoms with Crippen LogP contribution in [0.5, 0.6) is 0 Å². The topological polar surface area (TPSA) is 42.2 Å². The summed E-state index contributed by atoms with van der Waals surface area (Å²) in [6, 6.07) is 4.44. The molecule has 0 aromatic carbocycles. The van der Waals surface area contributed by atoms with E-state index in [1.807, 2.05) is 26.2 Å². The molecule has 0 aliphatic rings. The molecule has 0 radical (unpaired) electrons. The lowest BCUT2D eigenvalue weighted by molar-refractivity contribution is 0.251. The molecule has 2 heterocycles. The van der Waals surface area contributed by atoms with Gasteiger partial charge in [0.05, 0.1) is 5.69 Å². The highest BCUT2D eigenvalue weighted by Crippen LogP contribution is 2.22. The summed E-state index contributed by atoms with van der Waals surface area (Å²) in [5.41, 5.74) is 3.42.